The minimum Gasteiger partial charge on any atom is -0.352 e. The second kappa shape index (κ2) is 6.74. The van der Waals surface area contributed by atoms with E-state index in [9.17, 15) is 13.2 Å². The summed E-state index contributed by atoms with van der Waals surface area (Å²) >= 11 is 0. The molecule has 6 heteroatoms. The fourth-order valence-corrected chi connectivity index (χ4v) is 2.82. The molecule has 0 radical (unpaired) electrons. The molecule has 1 aromatic rings. The molecule has 112 valence electrons. The van der Waals surface area contributed by atoms with Gasteiger partial charge < -0.3 is 5.32 Å². The van der Waals surface area contributed by atoms with Gasteiger partial charge in [-0.1, -0.05) is 25.1 Å². The standard InChI is InChI=1S/C14H22N2O3S/c1-5-12-8-6-7-9-13(12)16(20(4,18)19)10-14(17)15-11(2)3/h6-9,11H,5,10H2,1-4H3,(H,15,17). The van der Waals surface area contributed by atoms with Gasteiger partial charge in [0.2, 0.25) is 15.9 Å². The average Bonchev–Trinajstić information content (AvgIpc) is 2.33. The first-order chi connectivity index (χ1) is 9.25. The Morgan fingerprint density at radius 2 is 1.90 bits per heavy atom. The van der Waals surface area contributed by atoms with E-state index in [2.05, 4.69) is 5.32 Å². The fraction of sp³-hybridized carbons (Fsp3) is 0.500. The maximum absolute atomic E-state index is 12.0. The van der Waals surface area contributed by atoms with Crippen LogP contribution < -0.4 is 9.62 Å². The number of rotatable bonds is 6. The highest BCUT2D eigenvalue weighted by atomic mass is 32.2. The second-order valence-corrected chi connectivity index (χ2v) is 6.88. The number of sulfonamides is 1. The highest BCUT2D eigenvalue weighted by molar-refractivity contribution is 7.92. The molecule has 0 spiro atoms. The molecular weight excluding hydrogens is 276 g/mol. The van der Waals surface area contributed by atoms with E-state index in [1.54, 1.807) is 12.1 Å². The summed E-state index contributed by atoms with van der Waals surface area (Å²) in [6, 6.07) is 7.20. The molecule has 0 fully saturated rings. The van der Waals surface area contributed by atoms with Gasteiger partial charge in [-0.3, -0.25) is 9.10 Å². The molecule has 1 rings (SSSR count). The Labute approximate surface area is 121 Å². The number of carbonyl (C=O) groups excluding carboxylic acids is 1. The Morgan fingerprint density at radius 3 is 2.40 bits per heavy atom. The van der Waals surface area contributed by atoms with Gasteiger partial charge in [0.1, 0.15) is 6.54 Å². The molecule has 1 N–H and O–H groups in total. The van der Waals surface area contributed by atoms with Gasteiger partial charge in [0.05, 0.1) is 11.9 Å². The summed E-state index contributed by atoms with van der Waals surface area (Å²) in [6.45, 7) is 5.42. The lowest BCUT2D eigenvalue weighted by Gasteiger charge is -2.24. The third-order valence-electron chi connectivity index (χ3n) is 2.78. The summed E-state index contributed by atoms with van der Waals surface area (Å²) in [4.78, 5) is 11.9. The van der Waals surface area contributed by atoms with Crippen LogP contribution in [0.4, 0.5) is 5.69 Å². The molecule has 1 amide bonds. The normalized spacial score (nSPS) is 11.4. The Kier molecular flexibility index (Phi) is 5.56. The summed E-state index contributed by atoms with van der Waals surface area (Å²) in [7, 11) is -3.51. The molecule has 1 aromatic carbocycles. The van der Waals surface area contributed by atoms with Crippen LogP contribution in [0.3, 0.4) is 0 Å². The summed E-state index contributed by atoms with van der Waals surface area (Å²) in [5.74, 6) is -0.309. The Morgan fingerprint density at radius 1 is 1.30 bits per heavy atom. The average molecular weight is 298 g/mol. The molecule has 5 nitrogen and oxygen atoms in total. The van der Waals surface area contributed by atoms with Crippen LogP contribution in [0.25, 0.3) is 0 Å². The number of anilines is 1. The maximum atomic E-state index is 12.0. The van der Waals surface area contributed by atoms with Crippen LogP contribution in [0.5, 0.6) is 0 Å². The summed E-state index contributed by atoms with van der Waals surface area (Å²) in [5, 5.41) is 2.71. The van der Waals surface area contributed by atoms with Crippen molar-refractivity contribution in [2.45, 2.75) is 33.2 Å². The van der Waals surface area contributed by atoms with Crippen molar-refractivity contribution >= 4 is 21.6 Å². The molecule has 20 heavy (non-hydrogen) atoms. The molecule has 0 aliphatic rings. The SMILES string of the molecule is CCc1ccccc1N(CC(=O)NC(C)C)S(C)(=O)=O. The van der Waals surface area contributed by atoms with Crippen molar-refractivity contribution in [2.24, 2.45) is 0 Å². The number of hydrogen-bond donors (Lipinski definition) is 1. The van der Waals surface area contributed by atoms with Gasteiger partial charge in [0.25, 0.3) is 0 Å². The lowest BCUT2D eigenvalue weighted by Crippen LogP contribution is -2.42. The quantitative estimate of drug-likeness (QED) is 0.866. The third kappa shape index (κ3) is 4.52. The molecular formula is C14H22N2O3S. The van der Waals surface area contributed by atoms with Crippen molar-refractivity contribution in [3.05, 3.63) is 29.8 Å². The number of carbonyl (C=O) groups is 1. The molecule has 0 bridgehead atoms. The van der Waals surface area contributed by atoms with Crippen molar-refractivity contribution in [1.82, 2.24) is 5.32 Å². The van der Waals surface area contributed by atoms with Crippen LogP contribution in [0.2, 0.25) is 0 Å². The zero-order valence-electron chi connectivity index (χ0n) is 12.4. The van der Waals surface area contributed by atoms with Crippen molar-refractivity contribution in [1.29, 1.82) is 0 Å². The van der Waals surface area contributed by atoms with Gasteiger partial charge in [0.15, 0.2) is 0 Å². The lowest BCUT2D eigenvalue weighted by molar-refractivity contribution is -0.120. The van der Waals surface area contributed by atoms with Crippen molar-refractivity contribution in [3.8, 4) is 0 Å². The van der Waals surface area contributed by atoms with E-state index in [-0.39, 0.29) is 18.5 Å². The minimum atomic E-state index is -3.51. The van der Waals surface area contributed by atoms with Crippen LogP contribution in [-0.4, -0.2) is 33.2 Å². The number of benzene rings is 1. The number of nitrogens with zero attached hydrogens (tertiary/aromatic N) is 1. The zero-order chi connectivity index (χ0) is 15.3. The number of para-hydroxylation sites is 1. The number of amides is 1. The fourth-order valence-electron chi connectivity index (χ4n) is 1.93. The summed E-state index contributed by atoms with van der Waals surface area (Å²) in [6.07, 6.45) is 1.82. The van der Waals surface area contributed by atoms with E-state index >= 15 is 0 Å². The predicted molar refractivity (Wildman–Crippen MR) is 81.3 cm³/mol. The molecule has 0 aromatic heterocycles. The topological polar surface area (TPSA) is 66.5 Å². The van der Waals surface area contributed by atoms with Crippen LogP contribution in [-0.2, 0) is 21.2 Å². The third-order valence-corrected chi connectivity index (χ3v) is 3.90. The van der Waals surface area contributed by atoms with Gasteiger partial charge in [-0.15, -0.1) is 0 Å². The maximum Gasteiger partial charge on any atom is 0.240 e. The van der Waals surface area contributed by atoms with Gasteiger partial charge in [-0.25, -0.2) is 8.42 Å². The first kappa shape index (κ1) is 16.5. The molecule has 0 unspecified atom stereocenters. The van der Waals surface area contributed by atoms with Crippen LogP contribution in [0.1, 0.15) is 26.3 Å². The molecule has 0 atom stereocenters. The smallest absolute Gasteiger partial charge is 0.240 e. The zero-order valence-corrected chi connectivity index (χ0v) is 13.2. The Bertz CT molecular complexity index is 568. The number of aryl methyl sites for hydroxylation is 1. The first-order valence-corrected chi connectivity index (χ1v) is 8.45. The van der Waals surface area contributed by atoms with Crippen molar-refractivity contribution < 1.29 is 13.2 Å². The van der Waals surface area contributed by atoms with Gasteiger partial charge in [-0.05, 0) is 31.9 Å². The van der Waals surface area contributed by atoms with E-state index in [1.165, 1.54) is 0 Å². The molecule has 0 saturated carbocycles. The number of nitrogens with one attached hydrogen (secondary N) is 1. The van der Waals surface area contributed by atoms with Crippen molar-refractivity contribution in [2.75, 3.05) is 17.1 Å². The molecule has 0 aliphatic heterocycles. The highest BCUT2D eigenvalue weighted by Gasteiger charge is 2.22. The summed E-state index contributed by atoms with van der Waals surface area (Å²) < 4.78 is 25.1. The van der Waals surface area contributed by atoms with E-state index in [0.29, 0.717) is 12.1 Å². The van der Waals surface area contributed by atoms with E-state index in [4.69, 9.17) is 0 Å². The Hall–Kier alpha value is -1.56. The second-order valence-electron chi connectivity index (χ2n) is 4.97. The predicted octanol–water partition coefficient (Wildman–Crippen LogP) is 1.54. The van der Waals surface area contributed by atoms with Crippen LogP contribution >= 0.6 is 0 Å². The largest absolute Gasteiger partial charge is 0.352 e. The van der Waals surface area contributed by atoms with Crippen LogP contribution in [0, 0.1) is 0 Å². The van der Waals surface area contributed by atoms with Crippen molar-refractivity contribution in [3.63, 3.8) is 0 Å². The van der Waals surface area contributed by atoms with Gasteiger partial charge in [0, 0.05) is 6.04 Å². The van der Waals surface area contributed by atoms with Crippen LogP contribution in [0.15, 0.2) is 24.3 Å². The van der Waals surface area contributed by atoms with E-state index in [1.807, 2.05) is 32.9 Å². The lowest BCUT2D eigenvalue weighted by atomic mass is 10.1. The summed E-state index contributed by atoms with van der Waals surface area (Å²) in [5.41, 5.74) is 1.46. The number of hydrogen-bond acceptors (Lipinski definition) is 3. The van der Waals surface area contributed by atoms with E-state index in [0.717, 1.165) is 16.1 Å². The van der Waals surface area contributed by atoms with Gasteiger partial charge >= 0.3 is 0 Å². The minimum absolute atomic E-state index is 0.0228. The van der Waals surface area contributed by atoms with Gasteiger partial charge in [-0.2, -0.15) is 0 Å². The molecule has 0 aliphatic carbocycles. The highest BCUT2D eigenvalue weighted by Crippen LogP contribution is 2.23. The molecule has 0 heterocycles. The van der Waals surface area contributed by atoms with E-state index < -0.39 is 10.0 Å². The monoisotopic (exact) mass is 298 g/mol. The Balaban J connectivity index is 3.11. The first-order valence-electron chi connectivity index (χ1n) is 6.60. The molecule has 0 saturated heterocycles.